The summed E-state index contributed by atoms with van der Waals surface area (Å²) < 4.78 is 5.65. The van der Waals surface area contributed by atoms with Crippen LogP contribution in [0.4, 0.5) is 0 Å². The molecule has 0 fully saturated rings. The molecule has 14 heavy (non-hydrogen) atoms. The summed E-state index contributed by atoms with van der Waals surface area (Å²) in [4.78, 5) is 0. The molecular weight excluding hydrogens is 188 g/mol. The summed E-state index contributed by atoms with van der Waals surface area (Å²) in [6.45, 7) is 8.59. The standard InChI is InChI=1S/C12H18OSi/c1-9(2)11-7-5-6-8-12(11)14-13-10(3)4/h5-10H,1-4H3. The molecule has 0 amide bonds. The zero-order valence-electron chi connectivity index (χ0n) is 9.37. The second-order valence-electron chi connectivity index (χ2n) is 4.01. The van der Waals surface area contributed by atoms with Crippen LogP contribution >= 0.6 is 0 Å². The van der Waals surface area contributed by atoms with E-state index in [-0.39, 0.29) is 0 Å². The molecule has 0 unspecified atom stereocenters. The van der Waals surface area contributed by atoms with Gasteiger partial charge < -0.3 is 4.43 Å². The van der Waals surface area contributed by atoms with Crippen molar-refractivity contribution < 1.29 is 4.43 Å². The predicted molar refractivity (Wildman–Crippen MR) is 62.1 cm³/mol. The smallest absolute Gasteiger partial charge is 0.269 e. The Morgan fingerprint density at radius 3 is 2.29 bits per heavy atom. The third-order valence-corrected chi connectivity index (χ3v) is 3.25. The van der Waals surface area contributed by atoms with Gasteiger partial charge in [-0.05, 0) is 30.5 Å². The van der Waals surface area contributed by atoms with E-state index in [1.54, 1.807) is 0 Å². The van der Waals surface area contributed by atoms with Crippen LogP contribution in [0, 0.1) is 0 Å². The lowest BCUT2D eigenvalue weighted by atomic mass is 10.0. The monoisotopic (exact) mass is 206 g/mol. The maximum absolute atomic E-state index is 5.65. The number of hydrogen-bond donors (Lipinski definition) is 0. The molecule has 2 radical (unpaired) electrons. The highest BCUT2D eigenvalue weighted by molar-refractivity contribution is 6.47. The van der Waals surface area contributed by atoms with E-state index in [1.807, 2.05) is 0 Å². The van der Waals surface area contributed by atoms with E-state index in [9.17, 15) is 0 Å². The molecular formula is C12H18OSi. The molecule has 0 heterocycles. The molecule has 0 saturated carbocycles. The SMILES string of the molecule is CC(C)O[Si]c1ccccc1C(C)C. The van der Waals surface area contributed by atoms with Gasteiger partial charge in [0.15, 0.2) is 0 Å². The van der Waals surface area contributed by atoms with Crippen molar-refractivity contribution in [1.82, 2.24) is 0 Å². The van der Waals surface area contributed by atoms with Crippen molar-refractivity contribution in [2.45, 2.75) is 39.7 Å². The highest BCUT2D eigenvalue weighted by atomic mass is 28.2. The van der Waals surface area contributed by atoms with Crippen LogP contribution in [-0.4, -0.2) is 15.9 Å². The Labute approximate surface area is 89.4 Å². The second kappa shape index (κ2) is 5.32. The average molecular weight is 206 g/mol. The average Bonchev–Trinajstić information content (AvgIpc) is 2.15. The third kappa shape index (κ3) is 3.27. The van der Waals surface area contributed by atoms with Gasteiger partial charge in [0.1, 0.15) is 0 Å². The largest absolute Gasteiger partial charge is 0.409 e. The first kappa shape index (κ1) is 11.5. The molecule has 0 bridgehead atoms. The normalized spacial score (nSPS) is 11.3. The second-order valence-corrected chi connectivity index (χ2v) is 4.99. The van der Waals surface area contributed by atoms with Crippen LogP contribution in [0.25, 0.3) is 0 Å². The molecule has 0 aliphatic heterocycles. The van der Waals surface area contributed by atoms with Gasteiger partial charge in [-0.2, -0.15) is 0 Å². The Morgan fingerprint density at radius 1 is 1.07 bits per heavy atom. The van der Waals surface area contributed by atoms with E-state index in [1.165, 1.54) is 10.8 Å². The fraction of sp³-hybridized carbons (Fsp3) is 0.500. The Balaban J connectivity index is 2.74. The van der Waals surface area contributed by atoms with Crippen molar-refractivity contribution in [3.05, 3.63) is 29.8 Å². The molecule has 1 aromatic rings. The highest BCUT2D eigenvalue weighted by Gasteiger charge is 2.07. The van der Waals surface area contributed by atoms with Gasteiger partial charge in [-0.25, -0.2) is 0 Å². The van der Waals surface area contributed by atoms with Crippen LogP contribution in [-0.2, 0) is 4.43 Å². The van der Waals surface area contributed by atoms with Crippen LogP contribution < -0.4 is 5.19 Å². The lowest BCUT2D eigenvalue weighted by molar-refractivity contribution is 0.260. The molecule has 0 aliphatic rings. The summed E-state index contributed by atoms with van der Waals surface area (Å²) in [6, 6.07) is 8.53. The highest BCUT2D eigenvalue weighted by Crippen LogP contribution is 2.10. The first-order valence-electron chi connectivity index (χ1n) is 5.12. The van der Waals surface area contributed by atoms with Crippen LogP contribution in [0.2, 0.25) is 0 Å². The van der Waals surface area contributed by atoms with Crippen LogP contribution in [0.15, 0.2) is 24.3 Å². The zero-order valence-corrected chi connectivity index (χ0v) is 10.4. The van der Waals surface area contributed by atoms with Gasteiger partial charge in [0.05, 0.1) is 0 Å². The molecule has 0 N–H and O–H groups in total. The minimum Gasteiger partial charge on any atom is -0.409 e. The predicted octanol–water partition coefficient (Wildman–Crippen LogP) is 2.48. The van der Waals surface area contributed by atoms with E-state index in [0.29, 0.717) is 21.8 Å². The van der Waals surface area contributed by atoms with E-state index in [0.717, 1.165) is 0 Å². The van der Waals surface area contributed by atoms with Gasteiger partial charge in [-0.15, -0.1) is 0 Å². The van der Waals surface area contributed by atoms with Gasteiger partial charge in [0, 0.05) is 6.10 Å². The Bertz CT molecular complexity index is 281. The van der Waals surface area contributed by atoms with Crippen molar-refractivity contribution in [3.8, 4) is 0 Å². The summed E-state index contributed by atoms with van der Waals surface area (Å²) in [5.41, 5.74) is 1.41. The first-order valence-corrected chi connectivity index (χ1v) is 6.02. The van der Waals surface area contributed by atoms with Crippen molar-refractivity contribution in [3.63, 3.8) is 0 Å². The van der Waals surface area contributed by atoms with Crippen LogP contribution in [0.5, 0.6) is 0 Å². The molecule has 0 spiro atoms. The molecule has 1 rings (SSSR count). The van der Waals surface area contributed by atoms with Crippen molar-refractivity contribution in [2.24, 2.45) is 0 Å². The number of hydrogen-bond acceptors (Lipinski definition) is 1. The molecule has 1 nitrogen and oxygen atoms in total. The summed E-state index contributed by atoms with van der Waals surface area (Å²) in [7, 11) is 0.476. The molecule has 0 saturated heterocycles. The van der Waals surface area contributed by atoms with E-state index in [4.69, 9.17) is 4.43 Å². The third-order valence-electron chi connectivity index (χ3n) is 1.99. The van der Waals surface area contributed by atoms with Crippen molar-refractivity contribution in [1.29, 1.82) is 0 Å². The Hall–Kier alpha value is -0.603. The number of benzene rings is 1. The lowest BCUT2D eigenvalue weighted by Gasteiger charge is -2.12. The van der Waals surface area contributed by atoms with E-state index >= 15 is 0 Å². The molecule has 0 atom stereocenters. The Morgan fingerprint density at radius 2 is 1.71 bits per heavy atom. The van der Waals surface area contributed by atoms with Gasteiger partial charge in [0.25, 0.3) is 9.76 Å². The quantitative estimate of drug-likeness (QED) is 0.688. The zero-order chi connectivity index (χ0) is 10.6. The maximum Gasteiger partial charge on any atom is 0.269 e. The topological polar surface area (TPSA) is 9.23 Å². The van der Waals surface area contributed by atoms with E-state index < -0.39 is 0 Å². The molecule has 0 aromatic heterocycles. The molecule has 2 heteroatoms. The summed E-state index contributed by atoms with van der Waals surface area (Å²) in [5, 5.41) is 1.34. The van der Waals surface area contributed by atoms with Crippen LogP contribution in [0.3, 0.4) is 0 Å². The van der Waals surface area contributed by atoms with Gasteiger partial charge in [0.2, 0.25) is 0 Å². The molecule has 0 aliphatic carbocycles. The van der Waals surface area contributed by atoms with E-state index in [2.05, 4.69) is 52.0 Å². The first-order chi connectivity index (χ1) is 6.61. The van der Waals surface area contributed by atoms with Gasteiger partial charge in [-0.3, -0.25) is 0 Å². The number of rotatable bonds is 4. The molecule has 76 valence electrons. The lowest BCUT2D eigenvalue weighted by Crippen LogP contribution is -2.25. The minimum absolute atomic E-state index is 0.313. The fourth-order valence-electron chi connectivity index (χ4n) is 1.27. The maximum atomic E-state index is 5.65. The van der Waals surface area contributed by atoms with Crippen molar-refractivity contribution in [2.75, 3.05) is 0 Å². The summed E-state index contributed by atoms with van der Waals surface area (Å²) >= 11 is 0. The summed E-state index contributed by atoms with van der Waals surface area (Å²) in [5.74, 6) is 0.578. The summed E-state index contributed by atoms with van der Waals surface area (Å²) in [6.07, 6.45) is 0.313. The Kier molecular flexibility index (Phi) is 4.36. The fourth-order valence-corrected chi connectivity index (χ4v) is 2.29. The van der Waals surface area contributed by atoms with Crippen molar-refractivity contribution >= 4 is 14.9 Å². The minimum atomic E-state index is 0.313. The van der Waals surface area contributed by atoms with Gasteiger partial charge in [-0.1, -0.05) is 38.1 Å². The van der Waals surface area contributed by atoms with Crippen LogP contribution in [0.1, 0.15) is 39.2 Å². The molecule has 1 aromatic carbocycles. The van der Waals surface area contributed by atoms with Gasteiger partial charge >= 0.3 is 0 Å².